The van der Waals surface area contributed by atoms with Gasteiger partial charge in [0.15, 0.2) is 21.4 Å². The van der Waals surface area contributed by atoms with Crippen molar-refractivity contribution in [2.45, 2.75) is 12.2 Å². The van der Waals surface area contributed by atoms with Crippen LogP contribution in [0.2, 0.25) is 0 Å². The van der Waals surface area contributed by atoms with Crippen LogP contribution in [0, 0.1) is 0 Å². The van der Waals surface area contributed by atoms with Crippen LogP contribution in [-0.4, -0.2) is 24.1 Å². The highest BCUT2D eigenvalue weighted by atomic mass is 32.2. The molecule has 6 nitrogen and oxygen atoms in total. The Bertz CT molecular complexity index is 997. The van der Waals surface area contributed by atoms with E-state index in [0.717, 1.165) is 10.4 Å². The summed E-state index contributed by atoms with van der Waals surface area (Å²) >= 11 is 1.28. The molecule has 4 rings (SSSR count). The highest BCUT2D eigenvalue weighted by Crippen LogP contribution is 2.33. The standard InChI is InChI=1S/C13H10N2O4S2/c16-12-10-7-3-5-21(17,18)6-9(7)20-13(10)15-11(14-12)8-2-1-4-19-8/h1-2,4H,3,5-6H2,(H,14,15,16). The maximum Gasteiger partial charge on any atom is 0.260 e. The lowest BCUT2D eigenvalue weighted by atomic mass is 10.1. The molecule has 0 amide bonds. The molecule has 0 spiro atoms. The fourth-order valence-electron chi connectivity index (χ4n) is 2.55. The normalized spacial score (nSPS) is 17.0. The number of rotatable bonds is 1. The Kier molecular flexibility index (Phi) is 2.61. The number of aromatic nitrogens is 2. The second-order valence-electron chi connectivity index (χ2n) is 4.92. The first kappa shape index (κ1) is 12.8. The van der Waals surface area contributed by atoms with Crippen LogP contribution in [0.25, 0.3) is 21.8 Å². The van der Waals surface area contributed by atoms with Gasteiger partial charge in [-0.15, -0.1) is 11.3 Å². The van der Waals surface area contributed by atoms with E-state index in [1.165, 1.54) is 17.6 Å². The Labute approximate surface area is 123 Å². The first-order chi connectivity index (χ1) is 10.0. The monoisotopic (exact) mass is 322 g/mol. The first-order valence-electron chi connectivity index (χ1n) is 6.32. The number of furan rings is 1. The van der Waals surface area contributed by atoms with Crippen molar-refractivity contribution in [3.63, 3.8) is 0 Å². The first-order valence-corrected chi connectivity index (χ1v) is 8.96. The van der Waals surface area contributed by atoms with Crippen molar-refractivity contribution >= 4 is 31.4 Å². The molecule has 8 heteroatoms. The number of hydrogen-bond donors (Lipinski definition) is 1. The lowest BCUT2D eigenvalue weighted by Gasteiger charge is -2.11. The number of fused-ring (bicyclic) bond motifs is 3. The van der Waals surface area contributed by atoms with Crippen molar-refractivity contribution in [2.24, 2.45) is 0 Å². The van der Waals surface area contributed by atoms with Crippen LogP contribution in [0.1, 0.15) is 10.4 Å². The van der Waals surface area contributed by atoms with Gasteiger partial charge in [-0.25, -0.2) is 13.4 Å². The van der Waals surface area contributed by atoms with Crippen LogP contribution in [0.4, 0.5) is 0 Å². The van der Waals surface area contributed by atoms with Gasteiger partial charge in [0.1, 0.15) is 4.83 Å². The average Bonchev–Trinajstić information content (AvgIpc) is 3.02. The summed E-state index contributed by atoms with van der Waals surface area (Å²) in [5.41, 5.74) is 0.577. The zero-order valence-corrected chi connectivity index (χ0v) is 12.4. The molecule has 0 aliphatic carbocycles. The van der Waals surface area contributed by atoms with E-state index in [4.69, 9.17) is 4.42 Å². The van der Waals surface area contributed by atoms with Gasteiger partial charge in [0.05, 0.1) is 23.2 Å². The third-order valence-electron chi connectivity index (χ3n) is 3.51. The van der Waals surface area contributed by atoms with E-state index >= 15 is 0 Å². The molecule has 108 valence electrons. The Balaban J connectivity index is 1.98. The molecule has 1 aliphatic rings. The Morgan fingerprint density at radius 3 is 3.00 bits per heavy atom. The summed E-state index contributed by atoms with van der Waals surface area (Å²) in [6, 6.07) is 3.42. The molecule has 21 heavy (non-hydrogen) atoms. The van der Waals surface area contributed by atoms with Crippen LogP contribution < -0.4 is 5.56 Å². The molecule has 4 heterocycles. The maximum absolute atomic E-state index is 12.3. The molecular formula is C13H10N2O4S2. The van der Waals surface area contributed by atoms with E-state index in [2.05, 4.69) is 9.97 Å². The molecule has 0 saturated heterocycles. The number of sulfone groups is 1. The lowest BCUT2D eigenvalue weighted by Crippen LogP contribution is -2.19. The summed E-state index contributed by atoms with van der Waals surface area (Å²) < 4.78 is 28.7. The van der Waals surface area contributed by atoms with Gasteiger partial charge in [-0.2, -0.15) is 0 Å². The zero-order chi connectivity index (χ0) is 14.6. The van der Waals surface area contributed by atoms with E-state index in [9.17, 15) is 13.2 Å². The highest BCUT2D eigenvalue weighted by molar-refractivity contribution is 7.90. The van der Waals surface area contributed by atoms with Gasteiger partial charge < -0.3 is 9.40 Å². The van der Waals surface area contributed by atoms with E-state index in [0.29, 0.717) is 28.2 Å². The molecule has 0 unspecified atom stereocenters. The number of hydrogen-bond acceptors (Lipinski definition) is 6. The molecule has 0 fully saturated rings. The summed E-state index contributed by atoms with van der Waals surface area (Å²) in [5.74, 6) is 0.927. The fraction of sp³-hybridized carbons (Fsp3) is 0.231. The molecule has 3 aromatic heterocycles. The number of aromatic amines is 1. The van der Waals surface area contributed by atoms with Crippen LogP contribution in [0.3, 0.4) is 0 Å². The van der Waals surface area contributed by atoms with Crippen molar-refractivity contribution in [3.8, 4) is 11.6 Å². The second kappa shape index (κ2) is 4.28. The van der Waals surface area contributed by atoms with Gasteiger partial charge in [-0.3, -0.25) is 4.79 Å². The number of thiophene rings is 1. The van der Waals surface area contributed by atoms with E-state index in [1.807, 2.05) is 0 Å². The Morgan fingerprint density at radius 1 is 1.38 bits per heavy atom. The van der Waals surface area contributed by atoms with Gasteiger partial charge >= 0.3 is 0 Å². The van der Waals surface area contributed by atoms with Gasteiger partial charge in [-0.1, -0.05) is 0 Å². The Hall–Kier alpha value is -1.93. The van der Waals surface area contributed by atoms with Crippen LogP contribution in [0.15, 0.2) is 27.6 Å². The number of nitrogens with one attached hydrogen (secondary N) is 1. The largest absolute Gasteiger partial charge is 0.461 e. The minimum absolute atomic E-state index is 0.00111. The van der Waals surface area contributed by atoms with Crippen molar-refractivity contribution in [3.05, 3.63) is 39.2 Å². The van der Waals surface area contributed by atoms with E-state index in [-0.39, 0.29) is 17.1 Å². The third-order valence-corrected chi connectivity index (χ3v) is 6.38. The van der Waals surface area contributed by atoms with Gasteiger partial charge in [0.2, 0.25) is 0 Å². The molecular weight excluding hydrogens is 312 g/mol. The molecule has 0 radical (unpaired) electrons. The summed E-state index contributed by atoms with van der Waals surface area (Å²) in [6.45, 7) is 0. The topological polar surface area (TPSA) is 93.0 Å². The van der Waals surface area contributed by atoms with Crippen LogP contribution in [0.5, 0.6) is 0 Å². The molecule has 0 aromatic carbocycles. The van der Waals surface area contributed by atoms with E-state index in [1.54, 1.807) is 12.1 Å². The third kappa shape index (κ3) is 2.02. The molecule has 0 bridgehead atoms. The van der Waals surface area contributed by atoms with E-state index < -0.39 is 9.84 Å². The lowest BCUT2D eigenvalue weighted by molar-refractivity contribution is 0.577. The number of nitrogens with zero attached hydrogens (tertiary/aromatic N) is 1. The molecule has 3 aromatic rings. The quantitative estimate of drug-likeness (QED) is 0.736. The van der Waals surface area contributed by atoms with Gasteiger partial charge in [0, 0.05) is 4.88 Å². The minimum Gasteiger partial charge on any atom is -0.461 e. The van der Waals surface area contributed by atoms with Crippen molar-refractivity contribution in [1.82, 2.24) is 9.97 Å². The SMILES string of the molecule is O=c1[nH]c(-c2ccco2)nc2sc3c(c12)CCS(=O)(=O)C3. The predicted octanol–water partition coefficient (Wildman–Crippen LogP) is 1.72. The average molecular weight is 322 g/mol. The summed E-state index contributed by atoms with van der Waals surface area (Å²) in [5, 5.41) is 0.514. The molecule has 0 atom stereocenters. The predicted molar refractivity (Wildman–Crippen MR) is 79.1 cm³/mol. The summed E-state index contributed by atoms with van der Waals surface area (Å²) in [6.07, 6.45) is 1.88. The minimum atomic E-state index is -3.06. The Morgan fingerprint density at radius 2 is 2.24 bits per heavy atom. The van der Waals surface area contributed by atoms with Gasteiger partial charge in [-0.05, 0) is 24.1 Å². The van der Waals surface area contributed by atoms with Crippen molar-refractivity contribution < 1.29 is 12.8 Å². The fourth-order valence-corrected chi connectivity index (χ4v) is 5.57. The van der Waals surface area contributed by atoms with Crippen molar-refractivity contribution in [2.75, 3.05) is 5.75 Å². The summed E-state index contributed by atoms with van der Waals surface area (Å²) in [7, 11) is -3.06. The van der Waals surface area contributed by atoms with Crippen molar-refractivity contribution in [1.29, 1.82) is 0 Å². The maximum atomic E-state index is 12.3. The zero-order valence-electron chi connectivity index (χ0n) is 10.8. The molecule has 1 aliphatic heterocycles. The van der Waals surface area contributed by atoms with Gasteiger partial charge in [0.25, 0.3) is 5.56 Å². The molecule has 0 saturated carbocycles. The van der Waals surface area contributed by atoms with Crippen LogP contribution in [-0.2, 0) is 22.0 Å². The molecule has 1 N–H and O–H groups in total. The number of aryl methyl sites for hydroxylation is 1. The second-order valence-corrected chi connectivity index (χ2v) is 8.19. The number of H-pyrrole nitrogens is 1. The highest BCUT2D eigenvalue weighted by Gasteiger charge is 2.27. The summed E-state index contributed by atoms with van der Waals surface area (Å²) in [4.78, 5) is 20.7. The smallest absolute Gasteiger partial charge is 0.260 e. The van der Waals surface area contributed by atoms with Crippen LogP contribution >= 0.6 is 11.3 Å².